The van der Waals surface area contributed by atoms with Crippen LogP contribution in [-0.2, 0) is 6.54 Å². The Morgan fingerprint density at radius 3 is 2.61 bits per heavy atom. The van der Waals surface area contributed by atoms with Crippen LogP contribution < -0.4 is 10.1 Å². The molecule has 0 aliphatic carbocycles. The van der Waals surface area contributed by atoms with Gasteiger partial charge in [-0.15, -0.1) is 0 Å². The van der Waals surface area contributed by atoms with Gasteiger partial charge in [-0.05, 0) is 64.3 Å². The van der Waals surface area contributed by atoms with E-state index in [9.17, 15) is 0 Å². The van der Waals surface area contributed by atoms with Crippen molar-refractivity contribution in [2.45, 2.75) is 13.5 Å². The number of pyridine rings is 1. The molecule has 0 spiro atoms. The topological polar surface area (TPSA) is 34.1 Å². The molecule has 2 aromatic carbocycles. The van der Waals surface area contributed by atoms with Gasteiger partial charge in [-0.25, -0.2) is 4.98 Å². The molecule has 0 fully saturated rings. The fraction of sp³-hybridized carbons (Fsp3) is 0.167. The molecule has 1 heterocycles. The SMILES string of the molecule is COc1ccc(CNc2nc3cc(Cl)c(C)cc3cc2Br)cc1. The lowest BCUT2D eigenvalue weighted by molar-refractivity contribution is 0.414. The number of benzene rings is 2. The Kier molecular flexibility index (Phi) is 4.74. The van der Waals surface area contributed by atoms with E-state index in [1.54, 1.807) is 7.11 Å². The molecule has 3 nitrogen and oxygen atoms in total. The molecule has 0 bridgehead atoms. The molecule has 0 saturated carbocycles. The highest BCUT2D eigenvalue weighted by atomic mass is 79.9. The molecule has 1 N–H and O–H groups in total. The molecule has 118 valence electrons. The second-order valence-corrected chi connectivity index (χ2v) is 6.58. The zero-order valence-electron chi connectivity index (χ0n) is 12.9. The van der Waals surface area contributed by atoms with E-state index < -0.39 is 0 Å². The van der Waals surface area contributed by atoms with E-state index in [2.05, 4.69) is 32.3 Å². The maximum Gasteiger partial charge on any atom is 0.141 e. The number of rotatable bonds is 4. The summed E-state index contributed by atoms with van der Waals surface area (Å²) in [6.07, 6.45) is 0. The summed E-state index contributed by atoms with van der Waals surface area (Å²) in [5, 5.41) is 5.14. The summed E-state index contributed by atoms with van der Waals surface area (Å²) in [6.45, 7) is 2.67. The van der Waals surface area contributed by atoms with Gasteiger partial charge in [0.15, 0.2) is 0 Å². The number of methoxy groups -OCH3 is 1. The van der Waals surface area contributed by atoms with Crippen LogP contribution in [0.25, 0.3) is 10.9 Å². The Hall–Kier alpha value is -1.78. The number of anilines is 1. The normalized spacial score (nSPS) is 10.8. The summed E-state index contributed by atoms with van der Waals surface area (Å²) in [5.41, 5.74) is 3.08. The van der Waals surface area contributed by atoms with Gasteiger partial charge in [0.05, 0.1) is 17.1 Å². The van der Waals surface area contributed by atoms with Gasteiger partial charge in [-0.3, -0.25) is 0 Å². The summed E-state index contributed by atoms with van der Waals surface area (Å²) in [7, 11) is 1.66. The van der Waals surface area contributed by atoms with Crippen molar-refractivity contribution in [1.29, 1.82) is 0 Å². The largest absolute Gasteiger partial charge is 0.497 e. The number of hydrogen-bond donors (Lipinski definition) is 1. The average Bonchev–Trinajstić information content (AvgIpc) is 2.55. The number of fused-ring (bicyclic) bond motifs is 1. The molecule has 0 radical (unpaired) electrons. The third kappa shape index (κ3) is 3.59. The van der Waals surface area contributed by atoms with Crippen LogP contribution in [0.3, 0.4) is 0 Å². The predicted octanol–water partition coefficient (Wildman–Crippen LogP) is 5.58. The lowest BCUT2D eigenvalue weighted by Gasteiger charge is -2.10. The molecule has 0 saturated heterocycles. The zero-order valence-corrected chi connectivity index (χ0v) is 15.2. The first kappa shape index (κ1) is 16.1. The van der Waals surface area contributed by atoms with Gasteiger partial charge in [0.1, 0.15) is 11.6 Å². The second kappa shape index (κ2) is 6.77. The minimum atomic E-state index is 0.681. The van der Waals surface area contributed by atoms with Crippen LogP contribution in [-0.4, -0.2) is 12.1 Å². The van der Waals surface area contributed by atoms with Crippen LogP contribution in [0.2, 0.25) is 5.02 Å². The molecule has 0 aliphatic heterocycles. The van der Waals surface area contributed by atoms with Crippen LogP contribution in [0.1, 0.15) is 11.1 Å². The quantitative estimate of drug-likeness (QED) is 0.630. The molecule has 0 aliphatic rings. The lowest BCUT2D eigenvalue weighted by Crippen LogP contribution is -2.02. The van der Waals surface area contributed by atoms with Gasteiger partial charge >= 0.3 is 0 Å². The van der Waals surface area contributed by atoms with Crippen LogP contribution in [0.5, 0.6) is 5.75 Å². The third-order valence-electron chi connectivity index (χ3n) is 3.67. The Morgan fingerprint density at radius 2 is 1.91 bits per heavy atom. The first-order chi connectivity index (χ1) is 11.1. The average molecular weight is 392 g/mol. The predicted molar refractivity (Wildman–Crippen MR) is 99.5 cm³/mol. The van der Waals surface area contributed by atoms with Gasteiger partial charge < -0.3 is 10.1 Å². The van der Waals surface area contributed by atoms with Crippen molar-refractivity contribution in [3.63, 3.8) is 0 Å². The van der Waals surface area contributed by atoms with Crippen molar-refractivity contribution in [2.75, 3.05) is 12.4 Å². The number of aromatic nitrogens is 1. The molecule has 0 unspecified atom stereocenters. The van der Waals surface area contributed by atoms with Gasteiger partial charge in [-0.2, -0.15) is 0 Å². The highest BCUT2D eigenvalue weighted by Gasteiger charge is 2.07. The van der Waals surface area contributed by atoms with E-state index in [1.165, 1.54) is 0 Å². The van der Waals surface area contributed by atoms with E-state index in [4.69, 9.17) is 16.3 Å². The van der Waals surface area contributed by atoms with Gasteiger partial charge in [0, 0.05) is 17.0 Å². The lowest BCUT2D eigenvalue weighted by atomic mass is 10.1. The molecule has 3 aromatic rings. The standard InChI is InChI=1S/C18H16BrClN2O/c1-11-7-13-8-15(19)18(22-17(13)9-16(11)20)21-10-12-3-5-14(23-2)6-4-12/h3-9H,10H2,1-2H3,(H,21,22). The highest BCUT2D eigenvalue weighted by molar-refractivity contribution is 9.10. The van der Waals surface area contributed by atoms with Crippen molar-refractivity contribution in [1.82, 2.24) is 4.98 Å². The maximum absolute atomic E-state index is 6.20. The van der Waals surface area contributed by atoms with Crippen LogP contribution in [0.15, 0.2) is 46.9 Å². The molecule has 3 rings (SSSR count). The van der Waals surface area contributed by atoms with Crippen LogP contribution in [0.4, 0.5) is 5.82 Å². The molecule has 23 heavy (non-hydrogen) atoms. The van der Waals surface area contributed by atoms with E-state index in [-0.39, 0.29) is 0 Å². The van der Waals surface area contributed by atoms with Gasteiger partial charge in [0.25, 0.3) is 0 Å². The number of halogens is 2. The Balaban J connectivity index is 1.84. The first-order valence-corrected chi connectivity index (χ1v) is 8.37. The Morgan fingerprint density at radius 1 is 1.17 bits per heavy atom. The minimum Gasteiger partial charge on any atom is -0.497 e. The van der Waals surface area contributed by atoms with E-state index >= 15 is 0 Å². The molecule has 0 atom stereocenters. The molecule has 0 amide bonds. The van der Waals surface area contributed by atoms with Crippen LogP contribution >= 0.6 is 27.5 Å². The summed E-state index contributed by atoms with van der Waals surface area (Å²) in [6, 6.07) is 14.0. The first-order valence-electron chi connectivity index (χ1n) is 7.20. The van der Waals surface area contributed by atoms with E-state index in [1.807, 2.05) is 43.3 Å². The zero-order chi connectivity index (χ0) is 16.4. The number of nitrogens with zero attached hydrogens (tertiary/aromatic N) is 1. The monoisotopic (exact) mass is 390 g/mol. The summed E-state index contributed by atoms with van der Waals surface area (Å²) >= 11 is 9.78. The van der Waals surface area contributed by atoms with Crippen LogP contribution in [0, 0.1) is 6.92 Å². The van der Waals surface area contributed by atoms with Crippen molar-refractivity contribution in [3.8, 4) is 5.75 Å². The highest BCUT2D eigenvalue weighted by Crippen LogP contribution is 2.29. The maximum atomic E-state index is 6.20. The van der Waals surface area contributed by atoms with Gasteiger partial charge in [-0.1, -0.05) is 23.7 Å². The summed E-state index contributed by atoms with van der Waals surface area (Å²) in [4.78, 5) is 4.66. The molecule has 5 heteroatoms. The smallest absolute Gasteiger partial charge is 0.141 e. The molecular weight excluding hydrogens is 376 g/mol. The fourth-order valence-corrected chi connectivity index (χ4v) is 2.97. The summed E-state index contributed by atoms with van der Waals surface area (Å²) in [5.74, 6) is 1.65. The van der Waals surface area contributed by atoms with Gasteiger partial charge in [0.2, 0.25) is 0 Å². The van der Waals surface area contributed by atoms with Crippen molar-refractivity contribution in [3.05, 3.63) is 63.1 Å². The number of ether oxygens (including phenoxy) is 1. The fourth-order valence-electron chi connectivity index (χ4n) is 2.34. The molecule has 1 aromatic heterocycles. The van der Waals surface area contributed by atoms with Crippen molar-refractivity contribution >= 4 is 44.3 Å². The number of nitrogens with one attached hydrogen (secondary N) is 1. The van der Waals surface area contributed by atoms with E-state index in [0.29, 0.717) is 6.54 Å². The molecular formula is C18H16BrClN2O. The number of aryl methyl sites for hydroxylation is 1. The third-order valence-corrected chi connectivity index (χ3v) is 4.68. The number of hydrogen-bond acceptors (Lipinski definition) is 3. The minimum absolute atomic E-state index is 0.681. The Labute approximate surface area is 148 Å². The van der Waals surface area contributed by atoms with E-state index in [0.717, 1.165) is 43.1 Å². The van der Waals surface area contributed by atoms with Crippen molar-refractivity contribution in [2.24, 2.45) is 0 Å². The van der Waals surface area contributed by atoms with Crippen molar-refractivity contribution < 1.29 is 4.74 Å². The Bertz CT molecular complexity index is 850. The summed E-state index contributed by atoms with van der Waals surface area (Å²) < 4.78 is 6.10. The second-order valence-electron chi connectivity index (χ2n) is 5.31.